The monoisotopic (exact) mass is 249 g/mol. The Labute approximate surface area is 107 Å². The van der Waals surface area contributed by atoms with E-state index >= 15 is 0 Å². The number of benzene rings is 1. The second-order valence-electron chi connectivity index (χ2n) is 4.13. The lowest BCUT2D eigenvalue weighted by molar-refractivity contribution is -0.139. The minimum absolute atomic E-state index is 0.221. The topological polar surface area (TPSA) is 55.4 Å². The lowest BCUT2D eigenvalue weighted by atomic mass is 10.1. The Morgan fingerprint density at radius 2 is 1.94 bits per heavy atom. The Morgan fingerprint density at radius 3 is 2.50 bits per heavy atom. The summed E-state index contributed by atoms with van der Waals surface area (Å²) in [4.78, 5) is 23.0. The molecule has 0 aliphatic rings. The first kappa shape index (κ1) is 14.2. The van der Waals surface area contributed by atoms with Gasteiger partial charge in [-0.3, -0.25) is 4.79 Å². The standard InChI is InChI=1S/C14H19NO3/c1-3-4-10-13(15-11(2)16)14(17)18-12-8-6-5-7-9-12/h5-9,13H,3-4,10H2,1-2H3,(H,15,16)/t13-/m0/s1. The number of para-hydroxylation sites is 1. The van der Waals surface area contributed by atoms with Crippen LogP contribution in [0.25, 0.3) is 0 Å². The summed E-state index contributed by atoms with van der Waals surface area (Å²) in [6, 6.07) is 8.29. The molecule has 1 atom stereocenters. The molecule has 0 aliphatic heterocycles. The summed E-state index contributed by atoms with van der Waals surface area (Å²) >= 11 is 0. The maximum absolute atomic E-state index is 11.9. The molecule has 0 saturated carbocycles. The molecule has 0 radical (unpaired) electrons. The molecule has 1 N–H and O–H groups in total. The molecule has 0 unspecified atom stereocenters. The van der Waals surface area contributed by atoms with Gasteiger partial charge in [-0.2, -0.15) is 0 Å². The van der Waals surface area contributed by atoms with Crippen LogP contribution in [0.4, 0.5) is 0 Å². The number of nitrogens with one attached hydrogen (secondary N) is 1. The summed E-state index contributed by atoms with van der Waals surface area (Å²) in [5, 5.41) is 2.62. The molecule has 0 bridgehead atoms. The van der Waals surface area contributed by atoms with Gasteiger partial charge in [0, 0.05) is 6.92 Å². The van der Waals surface area contributed by atoms with Gasteiger partial charge in [0.25, 0.3) is 0 Å². The second-order valence-corrected chi connectivity index (χ2v) is 4.13. The van der Waals surface area contributed by atoms with E-state index in [0.717, 1.165) is 12.8 Å². The third-order valence-corrected chi connectivity index (χ3v) is 2.47. The van der Waals surface area contributed by atoms with Crippen LogP contribution in [0, 0.1) is 0 Å². The molecule has 18 heavy (non-hydrogen) atoms. The first-order valence-electron chi connectivity index (χ1n) is 6.17. The predicted molar refractivity (Wildman–Crippen MR) is 69.2 cm³/mol. The minimum Gasteiger partial charge on any atom is -0.425 e. The summed E-state index contributed by atoms with van der Waals surface area (Å²) < 4.78 is 5.22. The van der Waals surface area contributed by atoms with Crippen molar-refractivity contribution in [2.75, 3.05) is 0 Å². The van der Waals surface area contributed by atoms with Crippen LogP contribution >= 0.6 is 0 Å². The van der Waals surface area contributed by atoms with Crippen molar-refractivity contribution in [2.45, 2.75) is 39.2 Å². The summed E-state index contributed by atoms with van der Waals surface area (Å²) in [5.41, 5.74) is 0. The summed E-state index contributed by atoms with van der Waals surface area (Å²) in [5.74, 6) is -0.139. The van der Waals surface area contributed by atoms with E-state index in [1.807, 2.05) is 13.0 Å². The van der Waals surface area contributed by atoms with Crippen LogP contribution in [0.15, 0.2) is 30.3 Å². The van der Waals surface area contributed by atoms with Crippen LogP contribution in [-0.2, 0) is 9.59 Å². The van der Waals surface area contributed by atoms with Gasteiger partial charge in [0.15, 0.2) is 0 Å². The summed E-state index contributed by atoms with van der Waals surface area (Å²) in [6.07, 6.45) is 2.44. The van der Waals surface area contributed by atoms with Crippen molar-refractivity contribution in [3.63, 3.8) is 0 Å². The zero-order chi connectivity index (χ0) is 13.4. The van der Waals surface area contributed by atoms with Crippen LogP contribution in [0.1, 0.15) is 33.1 Å². The van der Waals surface area contributed by atoms with E-state index < -0.39 is 12.0 Å². The van der Waals surface area contributed by atoms with Gasteiger partial charge in [0.1, 0.15) is 11.8 Å². The van der Waals surface area contributed by atoms with Crippen molar-refractivity contribution < 1.29 is 14.3 Å². The van der Waals surface area contributed by atoms with Gasteiger partial charge in [-0.05, 0) is 18.6 Å². The van der Waals surface area contributed by atoms with Crippen LogP contribution < -0.4 is 10.1 Å². The normalized spacial score (nSPS) is 11.7. The van der Waals surface area contributed by atoms with Gasteiger partial charge >= 0.3 is 5.97 Å². The van der Waals surface area contributed by atoms with Crippen LogP contribution in [0.3, 0.4) is 0 Å². The van der Waals surface area contributed by atoms with Crippen molar-refractivity contribution in [3.05, 3.63) is 30.3 Å². The van der Waals surface area contributed by atoms with Gasteiger partial charge in [-0.1, -0.05) is 38.0 Å². The lowest BCUT2D eigenvalue weighted by Crippen LogP contribution is -2.42. The van der Waals surface area contributed by atoms with Crippen molar-refractivity contribution in [1.82, 2.24) is 5.32 Å². The number of amides is 1. The maximum Gasteiger partial charge on any atom is 0.334 e. The third-order valence-electron chi connectivity index (χ3n) is 2.47. The highest BCUT2D eigenvalue weighted by Crippen LogP contribution is 2.11. The van der Waals surface area contributed by atoms with E-state index in [9.17, 15) is 9.59 Å². The van der Waals surface area contributed by atoms with Gasteiger partial charge in [-0.15, -0.1) is 0 Å². The highest BCUT2D eigenvalue weighted by atomic mass is 16.5. The van der Waals surface area contributed by atoms with Crippen LogP contribution in [-0.4, -0.2) is 17.9 Å². The number of carbonyl (C=O) groups excluding carboxylic acids is 2. The van der Waals surface area contributed by atoms with Gasteiger partial charge in [0.2, 0.25) is 5.91 Å². The molecule has 1 aromatic rings. The van der Waals surface area contributed by atoms with Crippen molar-refractivity contribution in [2.24, 2.45) is 0 Å². The molecule has 1 rings (SSSR count). The number of carbonyl (C=O) groups is 2. The van der Waals surface area contributed by atoms with Crippen molar-refractivity contribution in [1.29, 1.82) is 0 Å². The first-order valence-corrected chi connectivity index (χ1v) is 6.17. The molecular weight excluding hydrogens is 230 g/mol. The highest BCUT2D eigenvalue weighted by molar-refractivity contribution is 5.84. The highest BCUT2D eigenvalue weighted by Gasteiger charge is 2.20. The average Bonchev–Trinajstić information content (AvgIpc) is 2.35. The largest absolute Gasteiger partial charge is 0.425 e. The molecule has 0 aromatic heterocycles. The molecule has 0 spiro atoms. The maximum atomic E-state index is 11.9. The third kappa shape index (κ3) is 4.99. The molecule has 4 nitrogen and oxygen atoms in total. The van der Waals surface area contributed by atoms with Crippen molar-refractivity contribution >= 4 is 11.9 Å². The molecule has 98 valence electrons. The minimum atomic E-state index is -0.567. The van der Waals surface area contributed by atoms with E-state index in [2.05, 4.69) is 5.32 Å². The number of hydrogen-bond donors (Lipinski definition) is 1. The molecule has 0 fully saturated rings. The fourth-order valence-corrected chi connectivity index (χ4v) is 1.58. The summed E-state index contributed by atoms with van der Waals surface area (Å²) in [7, 11) is 0. The van der Waals surface area contributed by atoms with Crippen molar-refractivity contribution in [3.8, 4) is 5.75 Å². The molecule has 1 aromatic carbocycles. The van der Waals surface area contributed by atoms with E-state index in [4.69, 9.17) is 4.74 Å². The molecule has 1 amide bonds. The Bertz CT molecular complexity index is 389. The number of rotatable bonds is 6. The van der Waals surface area contributed by atoms with E-state index in [0.29, 0.717) is 12.2 Å². The Balaban J connectivity index is 2.60. The molecule has 0 heterocycles. The molecule has 0 aliphatic carbocycles. The zero-order valence-electron chi connectivity index (χ0n) is 10.8. The molecular formula is C14H19NO3. The van der Waals surface area contributed by atoms with Gasteiger partial charge in [0.05, 0.1) is 0 Å². The Kier molecular flexibility index (Phi) is 5.91. The predicted octanol–water partition coefficient (Wildman–Crippen LogP) is 2.29. The van der Waals surface area contributed by atoms with E-state index in [-0.39, 0.29) is 5.91 Å². The Hall–Kier alpha value is -1.84. The molecule has 4 heteroatoms. The smallest absolute Gasteiger partial charge is 0.334 e. The first-order chi connectivity index (χ1) is 8.63. The average molecular weight is 249 g/mol. The van der Waals surface area contributed by atoms with E-state index in [1.54, 1.807) is 24.3 Å². The quantitative estimate of drug-likeness (QED) is 0.621. The zero-order valence-corrected chi connectivity index (χ0v) is 10.8. The second kappa shape index (κ2) is 7.48. The number of hydrogen-bond acceptors (Lipinski definition) is 3. The van der Waals surface area contributed by atoms with Gasteiger partial charge < -0.3 is 10.1 Å². The fourth-order valence-electron chi connectivity index (χ4n) is 1.58. The number of unbranched alkanes of at least 4 members (excludes halogenated alkanes) is 1. The van der Waals surface area contributed by atoms with E-state index in [1.165, 1.54) is 6.92 Å². The van der Waals surface area contributed by atoms with Gasteiger partial charge in [-0.25, -0.2) is 4.79 Å². The SMILES string of the molecule is CCCC[C@H](NC(C)=O)C(=O)Oc1ccccc1. The Morgan fingerprint density at radius 1 is 1.28 bits per heavy atom. The fraction of sp³-hybridized carbons (Fsp3) is 0.429. The number of ether oxygens (including phenoxy) is 1. The van der Waals surface area contributed by atoms with Crippen LogP contribution in [0.5, 0.6) is 5.75 Å². The lowest BCUT2D eigenvalue weighted by Gasteiger charge is -2.16. The molecule has 0 saturated heterocycles. The van der Waals surface area contributed by atoms with Crippen LogP contribution in [0.2, 0.25) is 0 Å². The summed E-state index contributed by atoms with van der Waals surface area (Å²) in [6.45, 7) is 3.43. The number of esters is 1.